The number of para-hydroxylation sites is 2. The van der Waals surface area contributed by atoms with Crippen LogP contribution in [0.1, 0.15) is 38.3 Å². The van der Waals surface area contributed by atoms with E-state index in [-0.39, 0.29) is 24.7 Å². The van der Waals surface area contributed by atoms with Crippen molar-refractivity contribution >= 4 is 46.7 Å². The van der Waals surface area contributed by atoms with Crippen LogP contribution in [-0.2, 0) is 23.9 Å². The van der Waals surface area contributed by atoms with Crippen molar-refractivity contribution in [1.82, 2.24) is 5.32 Å². The van der Waals surface area contributed by atoms with E-state index in [4.69, 9.17) is 16.3 Å². The maximum Gasteiger partial charge on any atom is 0.308 e. The molecular formula is C23H24ClN3O5. The van der Waals surface area contributed by atoms with Gasteiger partial charge in [-0.1, -0.05) is 35.9 Å². The number of halogens is 1. The third kappa shape index (κ3) is 5.85. The van der Waals surface area contributed by atoms with Crippen LogP contribution in [0.2, 0.25) is 5.02 Å². The number of nitrogens with zero attached hydrogens (tertiary/aromatic N) is 1. The largest absolute Gasteiger partial charge is 0.455 e. The van der Waals surface area contributed by atoms with Crippen molar-refractivity contribution in [3.05, 3.63) is 59.1 Å². The summed E-state index contributed by atoms with van der Waals surface area (Å²) in [5.74, 6) is -1.59. The molecule has 0 saturated carbocycles. The van der Waals surface area contributed by atoms with Gasteiger partial charge in [0.15, 0.2) is 6.61 Å². The van der Waals surface area contributed by atoms with E-state index < -0.39 is 30.6 Å². The average molecular weight is 458 g/mol. The Labute approximate surface area is 190 Å². The van der Waals surface area contributed by atoms with Crippen molar-refractivity contribution in [2.45, 2.75) is 38.8 Å². The van der Waals surface area contributed by atoms with Gasteiger partial charge in [0.05, 0.1) is 23.8 Å². The van der Waals surface area contributed by atoms with Crippen molar-refractivity contribution in [3.63, 3.8) is 0 Å². The topological polar surface area (TPSA) is 105 Å². The molecule has 2 aromatic carbocycles. The molecule has 9 heteroatoms. The predicted molar refractivity (Wildman–Crippen MR) is 120 cm³/mol. The van der Waals surface area contributed by atoms with Crippen LogP contribution in [-0.4, -0.2) is 36.3 Å². The first kappa shape index (κ1) is 23.3. The van der Waals surface area contributed by atoms with Gasteiger partial charge < -0.3 is 20.3 Å². The van der Waals surface area contributed by atoms with E-state index in [2.05, 4.69) is 10.6 Å². The smallest absolute Gasteiger partial charge is 0.308 e. The molecule has 0 fully saturated rings. The summed E-state index contributed by atoms with van der Waals surface area (Å²) >= 11 is 5.91. The zero-order valence-electron chi connectivity index (χ0n) is 17.8. The molecule has 2 atom stereocenters. The maximum atomic E-state index is 12.9. The molecule has 2 N–H and O–H groups in total. The van der Waals surface area contributed by atoms with Gasteiger partial charge in [-0.15, -0.1) is 0 Å². The standard InChI is InChI=1S/C23H24ClN3O5/c1-14-11-21(29)26-18-5-3-4-6-20(18)27(14)22(30)13-32-23(31)12-19(25-15(2)28)16-7-9-17(24)10-8-16/h3-10,14,19H,11-13H2,1-2H3,(H,25,28)(H,26,29). The monoisotopic (exact) mass is 457 g/mol. The molecule has 168 valence electrons. The number of hydrogen-bond acceptors (Lipinski definition) is 5. The molecule has 2 aromatic rings. The maximum absolute atomic E-state index is 12.9. The van der Waals surface area contributed by atoms with Crippen LogP contribution in [0.4, 0.5) is 11.4 Å². The van der Waals surface area contributed by atoms with E-state index in [0.717, 1.165) is 0 Å². The number of amides is 3. The van der Waals surface area contributed by atoms with Gasteiger partial charge in [-0.3, -0.25) is 19.2 Å². The second-order valence-electron chi connectivity index (χ2n) is 7.55. The third-order valence-corrected chi connectivity index (χ3v) is 5.26. The van der Waals surface area contributed by atoms with Gasteiger partial charge in [-0.05, 0) is 36.8 Å². The van der Waals surface area contributed by atoms with Crippen LogP contribution < -0.4 is 15.5 Å². The molecule has 1 heterocycles. The van der Waals surface area contributed by atoms with Crippen molar-refractivity contribution in [2.24, 2.45) is 0 Å². The molecule has 1 aliphatic heterocycles. The van der Waals surface area contributed by atoms with Crippen LogP contribution in [0.15, 0.2) is 48.5 Å². The number of carbonyl (C=O) groups excluding carboxylic acids is 4. The molecule has 0 aliphatic carbocycles. The molecule has 2 unspecified atom stereocenters. The minimum Gasteiger partial charge on any atom is -0.455 e. The Bertz CT molecular complexity index is 1020. The summed E-state index contributed by atoms with van der Waals surface area (Å²) in [5, 5.41) is 6.02. The fourth-order valence-electron chi connectivity index (χ4n) is 3.60. The van der Waals surface area contributed by atoms with E-state index in [0.29, 0.717) is 22.0 Å². The van der Waals surface area contributed by atoms with Gasteiger partial charge in [0.25, 0.3) is 5.91 Å². The van der Waals surface area contributed by atoms with Crippen molar-refractivity contribution < 1.29 is 23.9 Å². The fourth-order valence-corrected chi connectivity index (χ4v) is 3.72. The van der Waals surface area contributed by atoms with Gasteiger partial charge in [0.2, 0.25) is 11.8 Å². The molecule has 8 nitrogen and oxygen atoms in total. The molecule has 3 amide bonds. The van der Waals surface area contributed by atoms with Crippen molar-refractivity contribution in [1.29, 1.82) is 0 Å². The second-order valence-corrected chi connectivity index (χ2v) is 7.99. The zero-order chi connectivity index (χ0) is 23.3. The highest BCUT2D eigenvalue weighted by atomic mass is 35.5. The van der Waals surface area contributed by atoms with Crippen LogP contribution >= 0.6 is 11.6 Å². The lowest BCUT2D eigenvalue weighted by Gasteiger charge is -2.27. The Hall–Kier alpha value is -3.39. The number of ether oxygens (including phenoxy) is 1. The highest BCUT2D eigenvalue weighted by Crippen LogP contribution is 2.31. The van der Waals surface area contributed by atoms with Crippen LogP contribution in [0.3, 0.4) is 0 Å². The Morgan fingerprint density at radius 2 is 1.88 bits per heavy atom. The molecule has 0 spiro atoms. The number of esters is 1. The van der Waals surface area contributed by atoms with Crippen LogP contribution in [0, 0.1) is 0 Å². The van der Waals surface area contributed by atoms with Gasteiger partial charge in [-0.2, -0.15) is 0 Å². The number of fused-ring (bicyclic) bond motifs is 1. The highest BCUT2D eigenvalue weighted by Gasteiger charge is 2.30. The summed E-state index contributed by atoms with van der Waals surface area (Å²) in [6, 6.07) is 12.7. The number of nitrogens with one attached hydrogen (secondary N) is 2. The number of rotatable bonds is 6. The van der Waals surface area contributed by atoms with Gasteiger partial charge >= 0.3 is 5.97 Å². The van der Waals surface area contributed by atoms with Crippen LogP contribution in [0.25, 0.3) is 0 Å². The summed E-state index contributed by atoms with van der Waals surface area (Å²) < 4.78 is 5.23. The van der Waals surface area contributed by atoms with Gasteiger partial charge in [-0.25, -0.2) is 0 Å². The zero-order valence-corrected chi connectivity index (χ0v) is 18.5. The van der Waals surface area contributed by atoms with E-state index in [1.165, 1.54) is 11.8 Å². The van der Waals surface area contributed by atoms with Gasteiger partial charge in [0, 0.05) is 24.4 Å². The molecular weight excluding hydrogens is 434 g/mol. The molecule has 32 heavy (non-hydrogen) atoms. The van der Waals surface area contributed by atoms with Crippen molar-refractivity contribution in [3.8, 4) is 0 Å². The normalized spacial score (nSPS) is 16.3. The van der Waals surface area contributed by atoms with Crippen molar-refractivity contribution in [2.75, 3.05) is 16.8 Å². The molecule has 0 saturated heterocycles. The predicted octanol–water partition coefficient (Wildman–Crippen LogP) is 3.21. The quantitative estimate of drug-likeness (QED) is 0.648. The number of carbonyl (C=O) groups is 4. The fraction of sp³-hybridized carbons (Fsp3) is 0.304. The first-order chi connectivity index (χ1) is 15.2. The number of anilines is 2. The second kappa shape index (κ2) is 10.3. The van der Waals surface area contributed by atoms with E-state index in [9.17, 15) is 19.2 Å². The SMILES string of the molecule is CC(=O)NC(CC(=O)OCC(=O)N1c2ccccc2NC(=O)CC1C)c1ccc(Cl)cc1. The Balaban J connectivity index is 1.68. The Morgan fingerprint density at radius 1 is 1.19 bits per heavy atom. The first-order valence-corrected chi connectivity index (χ1v) is 10.5. The van der Waals surface area contributed by atoms with E-state index >= 15 is 0 Å². The molecule has 0 aromatic heterocycles. The lowest BCUT2D eigenvalue weighted by molar-refractivity contribution is -0.148. The Kier molecular flexibility index (Phi) is 7.48. The lowest BCUT2D eigenvalue weighted by Crippen LogP contribution is -2.41. The summed E-state index contributed by atoms with van der Waals surface area (Å²) in [5.41, 5.74) is 1.76. The molecule has 3 rings (SSSR count). The highest BCUT2D eigenvalue weighted by molar-refractivity contribution is 6.30. The summed E-state index contributed by atoms with van der Waals surface area (Å²) in [7, 11) is 0. The minimum atomic E-state index is -0.642. The molecule has 1 aliphatic rings. The average Bonchev–Trinajstić information content (AvgIpc) is 2.86. The summed E-state index contributed by atoms with van der Waals surface area (Å²) in [6.45, 7) is 2.62. The summed E-state index contributed by atoms with van der Waals surface area (Å²) in [4.78, 5) is 50.5. The first-order valence-electron chi connectivity index (χ1n) is 10.1. The van der Waals surface area contributed by atoms with E-state index in [1.54, 1.807) is 55.5 Å². The number of benzene rings is 2. The minimum absolute atomic E-state index is 0.121. The van der Waals surface area contributed by atoms with Crippen LogP contribution in [0.5, 0.6) is 0 Å². The Morgan fingerprint density at radius 3 is 2.56 bits per heavy atom. The lowest BCUT2D eigenvalue weighted by atomic mass is 10.0. The third-order valence-electron chi connectivity index (χ3n) is 5.01. The van der Waals surface area contributed by atoms with E-state index in [1.807, 2.05) is 0 Å². The van der Waals surface area contributed by atoms with Gasteiger partial charge in [0.1, 0.15) is 0 Å². The molecule has 0 bridgehead atoms. The summed E-state index contributed by atoms with van der Waals surface area (Å²) in [6.07, 6.45) is -0.0315. The molecule has 0 radical (unpaired) electrons. The number of hydrogen-bond donors (Lipinski definition) is 2.